The van der Waals surface area contributed by atoms with Crippen molar-refractivity contribution in [2.45, 2.75) is 32.3 Å². The molecule has 0 aliphatic carbocycles. The largest absolute Gasteiger partial charge is 0.371 e. The fraction of sp³-hybridized carbons (Fsp3) is 0.727. The Hall–Kier alpha value is -1.05. The van der Waals surface area contributed by atoms with Crippen LogP contribution >= 0.6 is 0 Å². The van der Waals surface area contributed by atoms with Crippen LogP contribution in [0.25, 0.3) is 0 Å². The molecule has 0 saturated carbocycles. The lowest BCUT2D eigenvalue weighted by Gasteiger charge is -2.28. The first-order valence-electron chi connectivity index (χ1n) is 5.90. The summed E-state index contributed by atoms with van der Waals surface area (Å²) in [5, 5.41) is 3.21. The van der Waals surface area contributed by atoms with E-state index in [9.17, 15) is 8.78 Å². The molecule has 1 fully saturated rings. The van der Waals surface area contributed by atoms with Crippen molar-refractivity contribution in [2.75, 3.05) is 19.7 Å². The first-order valence-corrected chi connectivity index (χ1v) is 5.90. The first kappa shape index (κ1) is 13.4. The number of aromatic nitrogens is 2. The van der Waals surface area contributed by atoms with Crippen LogP contribution in [-0.4, -0.2) is 41.5 Å². The van der Waals surface area contributed by atoms with Gasteiger partial charge >= 0.3 is 6.55 Å². The van der Waals surface area contributed by atoms with Crippen LogP contribution in [0.15, 0.2) is 12.4 Å². The molecule has 2 atom stereocenters. The molecule has 1 saturated heterocycles. The molecular formula is C11H17F2N3O2. The van der Waals surface area contributed by atoms with E-state index >= 15 is 0 Å². The van der Waals surface area contributed by atoms with E-state index in [1.165, 1.54) is 12.4 Å². The molecule has 0 amide bonds. The number of hydrogen-bond acceptors (Lipinski definition) is 4. The van der Waals surface area contributed by atoms with Crippen LogP contribution in [0.2, 0.25) is 0 Å². The van der Waals surface area contributed by atoms with Crippen LogP contribution in [-0.2, 0) is 16.1 Å². The Kier molecular flexibility index (Phi) is 4.62. The molecule has 18 heavy (non-hydrogen) atoms. The van der Waals surface area contributed by atoms with Crippen molar-refractivity contribution in [3.8, 4) is 0 Å². The van der Waals surface area contributed by atoms with Crippen LogP contribution in [0.3, 0.4) is 0 Å². The summed E-state index contributed by atoms with van der Waals surface area (Å²) in [5.41, 5.74) is 0. The number of nitrogens with one attached hydrogen (secondary N) is 1. The highest BCUT2D eigenvalue weighted by molar-refractivity contribution is 4.90. The zero-order valence-corrected chi connectivity index (χ0v) is 10.2. The number of halogens is 2. The Morgan fingerprint density at radius 1 is 1.61 bits per heavy atom. The van der Waals surface area contributed by atoms with Crippen molar-refractivity contribution in [3.63, 3.8) is 0 Å². The van der Waals surface area contributed by atoms with Crippen molar-refractivity contribution in [2.24, 2.45) is 0 Å². The van der Waals surface area contributed by atoms with Gasteiger partial charge in [-0.05, 0) is 6.92 Å². The average Bonchev–Trinajstić information content (AvgIpc) is 2.77. The molecule has 2 heterocycles. The molecule has 2 unspecified atom stereocenters. The highest BCUT2D eigenvalue weighted by Crippen LogP contribution is 2.13. The monoisotopic (exact) mass is 261 g/mol. The van der Waals surface area contributed by atoms with Crippen molar-refractivity contribution in [3.05, 3.63) is 18.2 Å². The number of hydrogen-bond donors (Lipinski definition) is 1. The maximum absolute atomic E-state index is 12.5. The molecule has 1 aromatic heterocycles. The van der Waals surface area contributed by atoms with Gasteiger partial charge in [-0.1, -0.05) is 0 Å². The molecule has 2 rings (SSSR count). The van der Waals surface area contributed by atoms with E-state index in [0.29, 0.717) is 13.2 Å². The van der Waals surface area contributed by atoms with Gasteiger partial charge < -0.3 is 14.8 Å². The minimum atomic E-state index is -2.58. The van der Waals surface area contributed by atoms with E-state index in [4.69, 9.17) is 9.47 Å². The van der Waals surface area contributed by atoms with Crippen LogP contribution in [0.5, 0.6) is 0 Å². The molecule has 0 spiro atoms. The van der Waals surface area contributed by atoms with E-state index in [2.05, 4.69) is 10.3 Å². The van der Waals surface area contributed by atoms with E-state index in [1.807, 2.05) is 6.92 Å². The minimum absolute atomic E-state index is 0.0382. The predicted molar refractivity (Wildman–Crippen MR) is 60.3 cm³/mol. The van der Waals surface area contributed by atoms with Crippen LogP contribution < -0.4 is 5.32 Å². The quantitative estimate of drug-likeness (QED) is 0.864. The molecule has 1 N–H and O–H groups in total. The smallest absolute Gasteiger partial charge is 0.320 e. The molecule has 0 radical (unpaired) electrons. The van der Waals surface area contributed by atoms with Gasteiger partial charge in [-0.15, -0.1) is 0 Å². The van der Waals surface area contributed by atoms with Crippen LogP contribution in [0.4, 0.5) is 8.78 Å². The van der Waals surface area contributed by atoms with Crippen molar-refractivity contribution < 1.29 is 18.3 Å². The van der Waals surface area contributed by atoms with Gasteiger partial charge in [0.2, 0.25) is 0 Å². The predicted octanol–water partition coefficient (Wildman–Crippen LogP) is 1.17. The Balaban J connectivity index is 1.76. The fourth-order valence-electron chi connectivity index (χ4n) is 1.89. The van der Waals surface area contributed by atoms with Crippen molar-refractivity contribution in [1.82, 2.24) is 14.9 Å². The number of morpholine rings is 1. The van der Waals surface area contributed by atoms with E-state index in [1.54, 1.807) is 0 Å². The molecule has 1 aromatic rings. The van der Waals surface area contributed by atoms with Gasteiger partial charge in [0.25, 0.3) is 0 Å². The van der Waals surface area contributed by atoms with Crippen LogP contribution in [0.1, 0.15) is 19.3 Å². The molecule has 1 aliphatic heterocycles. The summed E-state index contributed by atoms with van der Waals surface area (Å²) in [5.74, 6) is 0.224. The number of alkyl halides is 2. The second-order valence-corrected chi connectivity index (χ2v) is 4.27. The van der Waals surface area contributed by atoms with Crippen molar-refractivity contribution in [1.29, 1.82) is 0 Å². The SMILES string of the molecule is CC1CNCC(COCc2nccn2C(F)F)O1. The zero-order valence-electron chi connectivity index (χ0n) is 10.2. The first-order chi connectivity index (χ1) is 8.66. The van der Waals surface area contributed by atoms with Gasteiger partial charge in [0, 0.05) is 25.5 Å². The highest BCUT2D eigenvalue weighted by Gasteiger charge is 2.19. The Morgan fingerprint density at radius 3 is 3.17 bits per heavy atom. The second kappa shape index (κ2) is 6.21. The summed E-state index contributed by atoms with van der Waals surface area (Å²) in [6, 6.07) is 0. The van der Waals surface area contributed by atoms with Gasteiger partial charge in [-0.3, -0.25) is 4.57 Å². The van der Waals surface area contributed by atoms with Crippen molar-refractivity contribution >= 4 is 0 Å². The van der Waals surface area contributed by atoms with Crippen LogP contribution in [0, 0.1) is 0 Å². The normalized spacial score (nSPS) is 24.7. The zero-order chi connectivity index (χ0) is 13.0. The van der Waals surface area contributed by atoms with E-state index in [-0.39, 0.29) is 24.6 Å². The molecule has 7 heteroatoms. The molecule has 0 aromatic carbocycles. The molecule has 5 nitrogen and oxygen atoms in total. The number of ether oxygens (including phenoxy) is 2. The van der Waals surface area contributed by atoms with Gasteiger partial charge in [-0.2, -0.15) is 8.78 Å². The number of rotatable bonds is 5. The maximum atomic E-state index is 12.5. The van der Waals surface area contributed by atoms with E-state index < -0.39 is 6.55 Å². The molecular weight excluding hydrogens is 244 g/mol. The summed E-state index contributed by atoms with van der Waals surface area (Å²) in [7, 11) is 0. The van der Waals surface area contributed by atoms with Gasteiger partial charge in [0.05, 0.1) is 18.8 Å². The lowest BCUT2D eigenvalue weighted by molar-refractivity contribution is -0.0734. The maximum Gasteiger partial charge on any atom is 0.320 e. The minimum Gasteiger partial charge on any atom is -0.371 e. The van der Waals surface area contributed by atoms with Gasteiger partial charge in [-0.25, -0.2) is 4.98 Å². The Morgan fingerprint density at radius 2 is 2.44 bits per heavy atom. The van der Waals surface area contributed by atoms with Gasteiger partial charge in [0.1, 0.15) is 12.4 Å². The number of imidazole rings is 1. The summed E-state index contributed by atoms with van der Waals surface area (Å²) in [4.78, 5) is 3.84. The lowest BCUT2D eigenvalue weighted by Crippen LogP contribution is -2.45. The molecule has 102 valence electrons. The summed E-state index contributed by atoms with van der Waals surface area (Å²) >= 11 is 0. The summed E-state index contributed by atoms with van der Waals surface area (Å²) < 4.78 is 36.8. The molecule has 1 aliphatic rings. The number of nitrogens with zero attached hydrogens (tertiary/aromatic N) is 2. The highest BCUT2D eigenvalue weighted by atomic mass is 19.3. The topological polar surface area (TPSA) is 48.3 Å². The van der Waals surface area contributed by atoms with E-state index in [0.717, 1.165) is 11.1 Å². The second-order valence-electron chi connectivity index (χ2n) is 4.27. The molecule has 0 bridgehead atoms. The third-order valence-corrected chi connectivity index (χ3v) is 2.72. The van der Waals surface area contributed by atoms with Gasteiger partial charge in [0.15, 0.2) is 0 Å². The standard InChI is InChI=1S/C11H17F2N3O2/c1-8-4-14-5-9(18-8)6-17-7-10-15-2-3-16(10)11(12)13/h2-3,8-9,11,14H,4-7H2,1H3. The third-order valence-electron chi connectivity index (χ3n) is 2.72. The Labute approximate surface area is 104 Å². The Bertz CT molecular complexity index is 373. The summed E-state index contributed by atoms with van der Waals surface area (Å²) in [6.45, 7) is 1.36. The average molecular weight is 261 g/mol. The third kappa shape index (κ3) is 3.47. The fourth-order valence-corrected chi connectivity index (χ4v) is 1.89. The lowest BCUT2D eigenvalue weighted by atomic mass is 10.2. The summed E-state index contributed by atoms with van der Waals surface area (Å²) in [6.07, 6.45) is 2.69.